The van der Waals surface area contributed by atoms with Gasteiger partial charge in [-0.15, -0.1) is 0 Å². The molecular weight excluding hydrogens is 1040 g/mol. The van der Waals surface area contributed by atoms with Crippen molar-refractivity contribution in [3.63, 3.8) is 0 Å². The summed E-state index contributed by atoms with van der Waals surface area (Å²) < 4.78 is 42.8. The first kappa shape index (κ1) is 73.5. The van der Waals surface area contributed by atoms with Gasteiger partial charge >= 0.3 is 59.7 Å². The third-order valence-electron chi connectivity index (χ3n) is 13.2. The van der Waals surface area contributed by atoms with Gasteiger partial charge in [0.05, 0.1) is 79.3 Å². The van der Waals surface area contributed by atoms with E-state index in [1.807, 2.05) is 13.8 Å². The van der Waals surface area contributed by atoms with Crippen LogP contribution in [0.1, 0.15) is 132 Å². The van der Waals surface area contributed by atoms with Crippen molar-refractivity contribution >= 4 is 59.7 Å². The Morgan fingerprint density at radius 3 is 1.14 bits per heavy atom. The van der Waals surface area contributed by atoms with Crippen molar-refractivity contribution in [2.75, 3.05) is 105 Å². The molecule has 79 heavy (non-hydrogen) atoms. The first-order valence-corrected chi connectivity index (χ1v) is 27.7. The molecule has 0 bridgehead atoms. The van der Waals surface area contributed by atoms with E-state index >= 15 is 0 Å². The molecule has 456 valence electrons. The van der Waals surface area contributed by atoms with Gasteiger partial charge in [0.25, 0.3) is 0 Å². The van der Waals surface area contributed by atoms with Crippen LogP contribution >= 0.6 is 0 Å². The van der Waals surface area contributed by atoms with Gasteiger partial charge in [-0.3, -0.25) is 47.9 Å². The number of aliphatic carboxylic acids is 2. The second-order valence-electron chi connectivity index (χ2n) is 19.7. The number of carbonyl (C=O) groups is 10. The lowest BCUT2D eigenvalue weighted by Crippen LogP contribution is -2.39. The van der Waals surface area contributed by atoms with Gasteiger partial charge in [-0.05, 0) is 64.2 Å². The number of nitrogens with one attached hydrogen (secondary N) is 3. The molecule has 25 nitrogen and oxygen atoms in total. The van der Waals surface area contributed by atoms with Crippen LogP contribution in [0.2, 0.25) is 0 Å². The molecule has 0 aliphatic carbocycles. The van der Waals surface area contributed by atoms with Gasteiger partial charge in [0, 0.05) is 45.9 Å². The second-order valence-corrected chi connectivity index (χ2v) is 19.7. The minimum absolute atomic E-state index is 0.0251. The quantitative estimate of drug-likeness (QED) is 0.0262. The molecule has 25 heteroatoms. The Bertz CT molecular complexity index is 1770. The Hall–Kier alpha value is -5.50. The summed E-state index contributed by atoms with van der Waals surface area (Å²) in [6.45, 7) is 11.8. The number of rotatable bonds is 49. The zero-order valence-corrected chi connectivity index (χ0v) is 47.7. The summed E-state index contributed by atoms with van der Waals surface area (Å²) >= 11 is 0. The van der Waals surface area contributed by atoms with E-state index in [-0.39, 0.29) is 154 Å². The van der Waals surface area contributed by atoms with Gasteiger partial charge in [0.15, 0.2) is 0 Å². The summed E-state index contributed by atoms with van der Waals surface area (Å²) in [5.41, 5.74) is -1.11. The maximum Gasteiger partial charge on any atom is 0.309 e. The van der Waals surface area contributed by atoms with Crippen LogP contribution in [0.4, 0.5) is 0 Å². The fraction of sp³-hybridized carbons (Fsp3) is 0.815. The SMILES string of the molecule is CCC(C)C(=O)OCCNCCC(=O)OCC(CC)(COC(=O)CCNCCOC(=O)C(C)CC)COC(=O)CCNCCOC(=O)C(CC)CC(CC(CC(CC(C)C(=O)OCCCCO)C(=O)OCCO)C(=O)O)C(=O)O. The van der Waals surface area contributed by atoms with E-state index in [0.717, 1.165) is 0 Å². The third-order valence-corrected chi connectivity index (χ3v) is 13.2. The molecule has 0 saturated heterocycles. The van der Waals surface area contributed by atoms with Crippen molar-refractivity contribution in [1.82, 2.24) is 16.0 Å². The second kappa shape index (κ2) is 44.3. The Balaban J connectivity index is 5.45. The van der Waals surface area contributed by atoms with E-state index in [1.165, 1.54) is 6.92 Å². The molecule has 0 spiro atoms. The van der Waals surface area contributed by atoms with Crippen molar-refractivity contribution in [2.24, 2.45) is 46.8 Å². The fourth-order valence-corrected chi connectivity index (χ4v) is 7.36. The lowest BCUT2D eigenvalue weighted by molar-refractivity contribution is -0.163. The van der Waals surface area contributed by atoms with E-state index in [1.54, 1.807) is 27.7 Å². The van der Waals surface area contributed by atoms with Crippen molar-refractivity contribution in [2.45, 2.75) is 132 Å². The molecule has 0 aromatic heterocycles. The van der Waals surface area contributed by atoms with Crippen molar-refractivity contribution < 1.29 is 106 Å². The zero-order chi connectivity index (χ0) is 59.6. The summed E-state index contributed by atoms with van der Waals surface area (Å²) in [6.07, 6.45) is 0.990. The smallest absolute Gasteiger partial charge is 0.309 e. The molecule has 0 aromatic carbocycles. The van der Waals surface area contributed by atoms with Crippen LogP contribution in [0.3, 0.4) is 0 Å². The average molecular weight is 1140 g/mol. The Labute approximate surface area is 464 Å². The maximum absolute atomic E-state index is 13.2. The molecule has 7 unspecified atom stereocenters. The molecule has 0 radical (unpaired) electrons. The van der Waals surface area contributed by atoms with Crippen LogP contribution < -0.4 is 16.0 Å². The number of esters is 8. The Morgan fingerprint density at radius 2 is 0.759 bits per heavy atom. The summed E-state index contributed by atoms with van der Waals surface area (Å²) in [4.78, 5) is 126. The van der Waals surface area contributed by atoms with Crippen LogP contribution in [0.5, 0.6) is 0 Å². The van der Waals surface area contributed by atoms with E-state index in [2.05, 4.69) is 16.0 Å². The highest BCUT2D eigenvalue weighted by Crippen LogP contribution is 2.31. The normalized spacial score (nSPS) is 14.6. The van der Waals surface area contributed by atoms with Crippen LogP contribution in [0.25, 0.3) is 0 Å². The molecule has 0 aromatic rings. The standard InChI is InChI=1S/C54H93N3O22/c1-8-37(5)49(67)73-26-20-55-17-14-44(60)77-34-54(11-4,35-78-45(61)15-18-56-21-27-74-50(68)38(6)9-2)36-79-46(62)16-19-57-22-28-75-52(70)40(10-3)31-41(47(63)64)32-42(48(65)66)33-43(53(71)76-29-24-59)30-39(7)51(69)72-25-13-12-23-58/h37-43,55-59H,8-36H2,1-7H3,(H,63,64)(H,65,66). The van der Waals surface area contributed by atoms with E-state index in [4.69, 9.17) is 43.0 Å². The maximum atomic E-state index is 13.2. The number of carboxylic acid groups (broad SMARTS) is 2. The third kappa shape index (κ3) is 34.3. The number of carbonyl (C=O) groups excluding carboxylic acids is 8. The number of aliphatic hydroxyl groups is 2. The van der Waals surface area contributed by atoms with Crippen molar-refractivity contribution in [1.29, 1.82) is 0 Å². The highest BCUT2D eigenvalue weighted by atomic mass is 16.6. The zero-order valence-electron chi connectivity index (χ0n) is 47.7. The van der Waals surface area contributed by atoms with Gasteiger partial charge in [-0.25, -0.2) is 0 Å². The van der Waals surface area contributed by atoms with Crippen LogP contribution in [-0.4, -0.2) is 185 Å². The van der Waals surface area contributed by atoms with E-state index in [9.17, 15) is 63.3 Å². The summed E-state index contributed by atoms with van der Waals surface area (Å²) in [5, 5.41) is 47.4. The summed E-state index contributed by atoms with van der Waals surface area (Å²) in [6, 6.07) is 0. The van der Waals surface area contributed by atoms with Gasteiger partial charge in [-0.1, -0.05) is 48.5 Å². The van der Waals surface area contributed by atoms with Crippen LogP contribution in [0, 0.1) is 46.8 Å². The lowest BCUT2D eigenvalue weighted by atomic mass is 9.80. The van der Waals surface area contributed by atoms with Crippen molar-refractivity contribution in [3.8, 4) is 0 Å². The van der Waals surface area contributed by atoms with Gasteiger partial charge in [-0.2, -0.15) is 0 Å². The number of aliphatic hydroxyl groups excluding tert-OH is 2. The van der Waals surface area contributed by atoms with E-state index < -0.39 is 102 Å². The molecule has 7 N–H and O–H groups in total. The number of hydrogen-bond acceptors (Lipinski definition) is 23. The number of unbranched alkanes of at least 4 members (excludes halogenated alkanes) is 1. The molecule has 0 aliphatic heterocycles. The number of ether oxygens (including phenoxy) is 8. The average Bonchev–Trinajstić information content (AvgIpc) is 3.43. The largest absolute Gasteiger partial charge is 0.481 e. The first-order valence-electron chi connectivity index (χ1n) is 27.7. The predicted octanol–water partition coefficient (Wildman–Crippen LogP) is 2.77. The summed E-state index contributed by atoms with van der Waals surface area (Å²) in [5.74, 6) is -13.7. The minimum atomic E-state index is -1.41. The molecular formula is C54H93N3O22. The van der Waals surface area contributed by atoms with Crippen LogP contribution in [-0.2, 0) is 85.8 Å². The van der Waals surface area contributed by atoms with Gasteiger partial charge in [0.2, 0.25) is 0 Å². The molecule has 7 atom stereocenters. The molecule has 0 fully saturated rings. The van der Waals surface area contributed by atoms with Crippen LogP contribution in [0.15, 0.2) is 0 Å². The Morgan fingerprint density at radius 1 is 0.392 bits per heavy atom. The van der Waals surface area contributed by atoms with Gasteiger partial charge < -0.3 is 74.3 Å². The van der Waals surface area contributed by atoms with E-state index in [0.29, 0.717) is 38.8 Å². The highest BCUT2D eigenvalue weighted by Gasteiger charge is 2.37. The topological polar surface area (TPSA) is 362 Å². The van der Waals surface area contributed by atoms with Gasteiger partial charge in [0.1, 0.15) is 46.2 Å². The predicted molar refractivity (Wildman–Crippen MR) is 282 cm³/mol. The van der Waals surface area contributed by atoms with Crippen molar-refractivity contribution in [3.05, 3.63) is 0 Å². The highest BCUT2D eigenvalue weighted by molar-refractivity contribution is 5.79. The molecule has 0 rings (SSSR count). The molecule has 0 amide bonds. The lowest BCUT2D eigenvalue weighted by Gasteiger charge is -2.31. The summed E-state index contributed by atoms with van der Waals surface area (Å²) in [7, 11) is 0. The minimum Gasteiger partial charge on any atom is -0.481 e. The Kier molecular flexibility index (Phi) is 41.2. The molecule has 0 heterocycles. The monoisotopic (exact) mass is 1140 g/mol. The molecule has 0 aliphatic rings. The first-order chi connectivity index (χ1) is 37.6. The number of hydrogen-bond donors (Lipinski definition) is 7. The fourth-order valence-electron chi connectivity index (χ4n) is 7.36. The number of carboxylic acids is 2. The molecule has 0 saturated carbocycles.